The summed E-state index contributed by atoms with van der Waals surface area (Å²) >= 11 is 5.90. The summed E-state index contributed by atoms with van der Waals surface area (Å²) < 4.78 is 1.52. The van der Waals surface area contributed by atoms with E-state index in [-0.39, 0.29) is 5.56 Å². The van der Waals surface area contributed by atoms with Crippen molar-refractivity contribution in [2.45, 2.75) is 6.92 Å². The molecule has 0 unspecified atom stereocenters. The lowest BCUT2D eigenvalue weighted by Gasteiger charge is -2.01. The number of hydrogen-bond donors (Lipinski definition) is 1. The SMILES string of the molecule is Cc1ccc2c(c1)ncc1c(=O)n(-c3ccc(Cl)cc3)[nH]c12. The molecule has 0 atom stereocenters. The highest BCUT2D eigenvalue weighted by Gasteiger charge is 2.11. The van der Waals surface area contributed by atoms with E-state index in [1.165, 1.54) is 4.68 Å². The maximum atomic E-state index is 12.6. The summed E-state index contributed by atoms with van der Waals surface area (Å²) in [5.41, 5.74) is 3.43. The highest BCUT2D eigenvalue weighted by molar-refractivity contribution is 6.30. The molecule has 5 heteroatoms. The van der Waals surface area contributed by atoms with Crippen LogP contribution in [0.15, 0.2) is 53.5 Å². The Morgan fingerprint density at radius 2 is 1.86 bits per heavy atom. The van der Waals surface area contributed by atoms with Crippen LogP contribution in [0, 0.1) is 6.92 Å². The number of benzene rings is 2. The highest BCUT2D eigenvalue weighted by Crippen LogP contribution is 2.22. The van der Waals surface area contributed by atoms with Crippen LogP contribution in [0.4, 0.5) is 0 Å². The number of aromatic amines is 1. The van der Waals surface area contributed by atoms with Gasteiger partial charge in [0.2, 0.25) is 0 Å². The largest absolute Gasteiger partial charge is 0.290 e. The molecule has 0 bridgehead atoms. The van der Waals surface area contributed by atoms with E-state index in [0.29, 0.717) is 10.4 Å². The van der Waals surface area contributed by atoms with Crippen LogP contribution >= 0.6 is 11.6 Å². The second-order valence-corrected chi connectivity index (χ2v) is 5.73. The van der Waals surface area contributed by atoms with Crippen molar-refractivity contribution in [2.75, 3.05) is 0 Å². The highest BCUT2D eigenvalue weighted by atomic mass is 35.5. The number of aromatic nitrogens is 3. The van der Waals surface area contributed by atoms with Gasteiger partial charge in [0, 0.05) is 16.6 Å². The summed E-state index contributed by atoms with van der Waals surface area (Å²) in [7, 11) is 0. The standard InChI is InChI=1S/C17H12ClN3O/c1-10-2-7-13-15(8-10)19-9-14-16(13)20-21(17(14)22)12-5-3-11(18)4-6-12/h2-9,20H,1H3. The lowest BCUT2D eigenvalue weighted by atomic mass is 10.1. The zero-order chi connectivity index (χ0) is 15.3. The number of H-pyrrole nitrogens is 1. The number of hydrogen-bond acceptors (Lipinski definition) is 2. The molecule has 0 radical (unpaired) electrons. The molecule has 0 spiro atoms. The minimum absolute atomic E-state index is 0.118. The molecule has 0 aliphatic rings. The average Bonchev–Trinajstić information content (AvgIpc) is 2.85. The molecular formula is C17H12ClN3O. The van der Waals surface area contributed by atoms with Gasteiger partial charge in [-0.05, 0) is 42.8 Å². The molecule has 1 N–H and O–H groups in total. The Morgan fingerprint density at radius 3 is 2.64 bits per heavy atom. The quantitative estimate of drug-likeness (QED) is 0.581. The molecule has 4 rings (SSSR count). The molecule has 0 amide bonds. The van der Waals surface area contributed by atoms with Gasteiger partial charge in [0.15, 0.2) is 0 Å². The van der Waals surface area contributed by atoms with Crippen LogP contribution in [0.5, 0.6) is 0 Å². The van der Waals surface area contributed by atoms with Crippen molar-refractivity contribution in [3.63, 3.8) is 0 Å². The summed E-state index contributed by atoms with van der Waals surface area (Å²) in [6, 6.07) is 13.1. The lowest BCUT2D eigenvalue weighted by Crippen LogP contribution is -2.13. The molecule has 2 heterocycles. The van der Waals surface area contributed by atoms with Crippen molar-refractivity contribution < 1.29 is 0 Å². The first-order chi connectivity index (χ1) is 10.6. The third-order valence-corrected chi connectivity index (χ3v) is 4.02. The van der Waals surface area contributed by atoms with Crippen molar-refractivity contribution in [3.8, 4) is 5.69 Å². The summed E-state index contributed by atoms with van der Waals surface area (Å²) in [4.78, 5) is 17.0. The van der Waals surface area contributed by atoms with Gasteiger partial charge in [-0.3, -0.25) is 14.9 Å². The van der Waals surface area contributed by atoms with Gasteiger partial charge >= 0.3 is 0 Å². The maximum absolute atomic E-state index is 12.6. The van der Waals surface area contributed by atoms with Gasteiger partial charge in [0.05, 0.1) is 22.1 Å². The molecule has 0 fully saturated rings. The van der Waals surface area contributed by atoms with E-state index in [1.807, 2.05) is 25.1 Å². The van der Waals surface area contributed by atoms with E-state index in [4.69, 9.17) is 11.6 Å². The van der Waals surface area contributed by atoms with Crippen LogP contribution in [0.3, 0.4) is 0 Å². The van der Waals surface area contributed by atoms with Gasteiger partial charge in [-0.2, -0.15) is 0 Å². The fourth-order valence-corrected chi connectivity index (χ4v) is 2.77. The Balaban J connectivity index is 2.06. The molecule has 0 aliphatic heterocycles. The van der Waals surface area contributed by atoms with Crippen molar-refractivity contribution in [1.29, 1.82) is 0 Å². The summed E-state index contributed by atoms with van der Waals surface area (Å²) in [6.45, 7) is 2.02. The predicted octanol–water partition coefficient (Wildman–Crippen LogP) is 3.83. The molecule has 0 saturated carbocycles. The number of fused-ring (bicyclic) bond motifs is 3. The molecule has 4 nitrogen and oxygen atoms in total. The first-order valence-electron chi connectivity index (χ1n) is 6.89. The van der Waals surface area contributed by atoms with Crippen LogP contribution in [0.25, 0.3) is 27.5 Å². The summed E-state index contributed by atoms with van der Waals surface area (Å²) in [6.07, 6.45) is 1.63. The predicted molar refractivity (Wildman–Crippen MR) is 88.9 cm³/mol. The Hall–Kier alpha value is -2.59. The average molecular weight is 310 g/mol. The smallest absolute Gasteiger partial charge is 0.280 e. The van der Waals surface area contributed by atoms with E-state index in [2.05, 4.69) is 10.1 Å². The van der Waals surface area contributed by atoms with E-state index in [9.17, 15) is 4.79 Å². The molecule has 2 aromatic heterocycles. The second-order valence-electron chi connectivity index (χ2n) is 5.30. The Kier molecular flexibility index (Phi) is 2.81. The third-order valence-electron chi connectivity index (χ3n) is 3.77. The van der Waals surface area contributed by atoms with Crippen molar-refractivity contribution in [1.82, 2.24) is 14.8 Å². The third kappa shape index (κ3) is 1.92. The zero-order valence-electron chi connectivity index (χ0n) is 11.8. The minimum Gasteiger partial charge on any atom is -0.290 e. The van der Waals surface area contributed by atoms with Crippen LogP contribution in [-0.2, 0) is 0 Å². The maximum Gasteiger partial charge on any atom is 0.280 e. The van der Waals surface area contributed by atoms with Crippen LogP contribution in [0.1, 0.15) is 5.56 Å². The normalized spacial score (nSPS) is 11.4. The molecule has 2 aromatic carbocycles. The van der Waals surface area contributed by atoms with Crippen molar-refractivity contribution >= 4 is 33.4 Å². The Bertz CT molecular complexity index is 1060. The molecule has 4 aromatic rings. The number of halogens is 1. The van der Waals surface area contributed by atoms with Crippen molar-refractivity contribution in [3.05, 3.63) is 69.6 Å². The number of aryl methyl sites for hydroxylation is 1. The van der Waals surface area contributed by atoms with E-state index < -0.39 is 0 Å². The topological polar surface area (TPSA) is 50.7 Å². The first-order valence-corrected chi connectivity index (χ1v) is 7.27. The Labute approximate surface area is 131 Å². The fraction of sp³-hybridized carbons (Fsp3) is 0.0588. The molecule has 108 valence electrons. The van der Waals surface area contributed by atoms with Gasteiger partial charge in [0.25, 0.3) is 5.56 Å². The zero-order valence-corrected chi connectivity index (χ0v) is 12.6. The molecule has 0 aliphatic carbocycles. The van der Waals surface area contributed by atoms with Crippen LogP contribution in [0.2, 0.25) is 5.02 Å². The van der Waals surface area contributed by atoms with Crippen LogP contribution in [-0.4, -0.2) is 14.8 Å². The van der Waals surface area contributed by atoms with E-state index in [1.54, 1.807) is 30.5 Å². The van der Waals surface area contributed by atoms with Gasteiger partial charge in [-0.25, -0.2) is 4.68 Å². The van der Waals surface area contributed by atoms with Crippen LogP contribution < -0.4 is 5.56 Å². The fourth-order valence-electron chi connectivity index (χ4n) is 2.64. The number of nitrogens with one attached hydrogen (secondary N) is 1. The van der Waals surface area contributed by atoms with Gasteiger partial charge in [0.1, 0.15) is 0 Å². The summed E-state index contributed by atoms with van der Waals surface area (Å²) in [5, 5.41) is 5.33. The molecular weight excluding hydrogens is 298 g/mol. The first kappa shape index (κ1) is 13.1. The minimum atomic E-state index is -0.118. The number of rotatable bonds is 1. The lowest BCUT2D eigenvalue weighted by molar-refractivity contribution is 0.865. The number of pyridine rings is 1. The second kappa shape index (κ2) is 4.71. The van der Waals surface area contributed by atoms with E-state index >= 15 is 0 Å². The van der Waals surface area contributed by atoms with Crippen molar-refractivity contribution in [2.24, 2.45) is 0 Å². The molecule has 0 saturated heterocycles. The van der Waals surface area contributed by atoms with Gasteiger partial charge < -0.3 is 0 Å². The van der Waals surface area contributed by atoms with E-state index in [0.717, 1.165) is 27.7 Å². The van der Waals surface area contributed by atoms with Gasteiger partial charge in [-0.15, -0.1) is 0 Å². The molecule has 22 heavy (non-hydrogen) atoms. The summed E-state index contributed by atoms with van der Waals surface area (Å²) in [5.74, 6) is 0. The number of nitrogens with zero attached hydrogens (tertiary/aromatic N) is 2. The Morgan fingerprint density at radius 1 is 1.09 bits per heavy atom. The monoisotopic (exact) mass is 309 g/mol. The van der Waals surface area contributed by atoms with Gasteiger partial charge in [-0.1, -0.05) is 23.7 Å².